The highest BCUT2D eigenvalue weighted by Gasteiger charge is 2.14. The monoisotopic (exact) mass is 258 g/mol. The number of nitrogens with zero attached hydrogens (tertiary/aromatic N) is 2. The lowest BCUT2D eigenvalue weighted by Crippen LogP contribution is -2.31. The second-order valence-corrected chi connectivity index (χ2v) is 5.65. The first-order valence-electron chi connectivity index (χ1n) is 5.91. The molecule has 2 nitrogen and oxygen atoms in total. The number of halogens is 1. The molecule has 0 saturated carbocycles. The Bertz CT molecular complexity index is 289. The van der Waals surface area contributed by atoms with Crippen molar-refractivity contribution in [1.29, 1.82) is 0 Å². The van der Waals surface area contributed by atoms with Gasteiger partial charge in [-0.2, -0.15) is 0 Å². The van der Waals surface area contributed by atoms with Crippen LogP contribution in [0.2, 0.25) is 0 Å². The summed E-state index contributed by atoms with van der Waals surface area (Å²) in [6, 6.07) is 4.36. The molecule has 0 aromatic carbocycles. The Morgan fingerprint density at radius 3 is 2.75 bits per heavy atom. The molecule has 0 radical (unpaired) electrons. The molecule has 2 heterocycles. The van der Waals surface area contributed by atoms with Crippen molar-refractivity contribution in [1.82, 2.24) is 9.80 Å². The highest BCUT2D eigenvalue weighted by molar-refractivity contribution is 7.09. The van der Waals surface area contributed by atoms with E-state index in [1.165, 1.54) is 30.9 Å². The number of hydrogen-bond acceptors (Lipinski definition) is 3. The van der Waals surface area contributed by atoms with Crippen LogP contribution in [0.15, 0.2) is 17.5 Å². The van der Waals surface area contributed by atoms with Gasteiger partial charge in [0, 0.05) is 36.9 Å². The molecular weight excluding hydrogens is 240 g/mol. The lowest BCUT2D eigenvalue weighted by molar-refractivity contribution is 0.259. The van der Waals surface area contributed by atoms with Crippen LogP contribution in [0.4, 0.5) is 0 Å². The van der Waals surface area contributed by atoms with Crippen molar-refractivity contribution in [3.8, 4) is 0 Å². The van der Waals surface area contributed by atoms with Gasteiger partial charge in [-0.15, -0.1) is 22.9 Å². The zero-order valence-corrected chi connectivity index (χ0v) is 11.1. The maximum absolute atomic E-state index is 5.79. The molecule has 90 valence electrons. The summed E-state index contributed by atoms with van der Waals surface area (Å²) in [7, 11) is 0. The predicted octanol–water partition coefficient (Wildman–Crippen LogP) is 2.49. The van der Waals surface area contributed by atoms with Crippen LogP contribution in [0.3, 0.4) is 0 Å². The Balaban J connectivity index is 1.80. The van der Waals surface area contributed by atoms with Crippen LogP contribution in [0, 0.1) is 0 Å². The van der Waals surface area contributed by atoms with Gasteiger partial charge >= 0.3 is 0 Å². The van der Waals surface area contributed by atoms with Gasteiger partial charge in [0.1, 0.15) is 0 Å². The molecule has 0 aliphatic carbocycles. The van der Waals surface area contributed by atoms with E-state index in [4.69, 9.17) is 11.6 Å². The summed E-state index contributed by atoms with van der Waals surface area (Å²) in [4.78, 5) is 6.51. The SMILES string of the molecule is ClCCN1CCCN(Cc2cccs2)CC1. The fourth-order valence-corrected chi connectivity index (χ4v) is 3.13. The molecule has 4 heteroatoms. The maximum atomic E-state index is 5.79. The average Bonchev–Trinajstić information content (AvgIpc) is 2.68. The molecule has 0 amide bonds. The normalized spacial score (nSPS) is 19.8. The zero-order chi connectivity index (χ0) is 11.2. The van der Waals surface area contributed by atoms with E-state index in [0.717, 1.165) is 25.5 Å². The minimum atomic E-state index is 0.755. The molecule has 0 atom stereocenters. The molecule has 0 spiro atoms. The van der Waals surface area contributed by atoms with Crippen LogP contribution in [0.5, 0.6) is 0 Å². The fraction of sp³-hybridized carbons (Fsp3) is 0.667. The van der Waals surface area contributed by atoms with Gasteiger partial charge in [0.25, 0.3) is 0 Å². The van der Waals surface area contributed by atoms with Gasteiger partial charge < -0.3 is 4.90 Å². The second-order valence-electron chi connectivity index (χ2n) is 4.24. The Hall–Kier alpha value is -0.0900. The molecule has 1 aliphatic rings. The molecule has 0 bridgehead atoms. The summed E-state index contributed by atoms with van der Waals surface area (Å²) in [5.74, 6) is 0.755. The van der Waals surface area contributed by atoms with E-state index in [-0.39, 0.29) is 0 Å². The van der Waals surface area contributed by atoms with E-state index < -0.39 is 0 Å². The van der Waals surface area contributed by atoms with Gasteiger partial charge in [0.2, 0.25) is 0 Å². The largest absolute Gasteiger partial charge is 0.301 e. The van der Waals surface area contributed by atoms with Crippen LogP contribution in [0.25, 0.3) is 0 Å². The van der Waals surface area contributed by atoms with Gasteiger partial charge in [0.05, 0.1) is 0 Å². The van der Waals surface area contributed by atoms with Crippen LogP contribution in [-0.4, -0.2) is 48.4 Å². The Morgan fingerprint density at radius 2 is 2.00 bits per heavy atom. The lowest BCUT2D eigenvalue weighted by atomic mass is 10.3. The third-order valence-electron chi connectivity index (χ3n) is 3.04. The molecule has 0 unspecified atom stereocenters. The Kier molecular flexibility index (Phi) is 5.10. The third kappa shape index (κ3) is 3.74. The van der Waals surface area contributed by atoms with Gasteiger partial charge in [0.15, 0.2) is 0 Å². The van der Waals surface area contributed by atoms with Crippen LogP contribution >= 0.6 is 22.9 Å². The first kappa shape index (κ1) is 12.4. The van der Waals surface area contributed by atoms with E-state index >= 15 is 0 Å². The van der Waals surface area contributed by atoms with Crippen molar-refractivity contribution in [3.05, 3.63) is 22.4 Å². The molecule has 1 aromatic rings. The molecule has 0 N–H and O–H groups in total. The highest BCUT2D eigenvalue weighted by Crippen LogP contribution is 2.13. The second kappa shape index (κ2) is 6.60. The lowest BCUT2D eigenvalue weighted by Gasteiger charge is -2.20. The van der Waals surface area contributed by atoms with E-state index in [1.54, 1.807) is 0 Å². The van der Waals surface area contributed by atoms with E-state index in [1.807, 2.05) is 11.3 Å². The number of alkyl halides is 1. The predicted molar refractivity (Wildman–Crippen MR) is 71.4 cm³/mol. The van der Waals surface area contributed by atoms with Gasteiger partial charge in [-0.1, -0.05) is 6.07 Å². The number of rotatable bonds is 4. The summed E-state index contributed by atoms with van der Waals surface area (Å²) < 4.78 is 0. The smallest absolute Gasteiger partial charge is 0.0351 e. The van der Waals surface area contributed by atoms with Crippen molar-refractivity contribution in [2.24, 2.45) is 0 Å². The van der Waals surface area contributed by atoms with Gasteiger partial charge in [-0.25, -0.2) is 0 Å². The van der Waals surface area contributed by atoms with Crippen LogP contribution < -0.4 is 0 Å². The maximum Gasteiger partial charge on any atom is 0.0351 e. The summed E-state index contributed by atoms with van der Waals surface area (Å²) in [6.07, 6.45) is 1.27. The van der Waals surface area contributed by atoms with E-state index in [0.29, 0.717) is 0 Å². The van der Waals surface area contributed by atoms with E-state index in [2.05, 4.69) is 27.3 Å². The summed E-state index contributed by atoms with van der Waals surface area (Å²) >= 11 is 7.64. The van der Waals surface area contributed by atoms with Crippen LogP contribution in [0.1, 0.15) is 11.3 Å². The summed E-state index contributed by atoms with van der Waals surface area (Å²) in [6.45, 7) is 6.91. The van der Waals surface area contributed by atoms with Crippen molar-refractivity contribution >= 4 is 22.9 Å². The van der Waals surface area contributed by atoms with Gasteiger partial charge in [-0.05, 0) is 31.0 Å². The first-order valence-corrected chi connectivity index (χ1v) is 7.33. The van der Waals surface area contributed by atoms with E-state index in [9.17, 15) is 0 Å². The van der Waals surface area contributed by atoms with Crippen molar-refractivity contribution in [3.63, 3.8) is 0 Å². The Labute approximate surface area is 107 Å². The quantitative estimate of drug-likeness (QED) is 0.766. The average molecular weight is 259 g/mol. The minimum absolute atomic E-state index is 0.755. The fourth-order valence-electron chi connectivity index (χ4n) is 2.15. The molecule has 1 saturated heterocycles. The van der Waals surface area contributed by atoms with Gasteiger partial charge in [-0.3, -0.25) is 4.90 Å². The first-order chi connectivity index (χ1) is 7.88. The van der Waals surface area contributed by atoms with Crippen LogP contribution in [-0.2, 0) is 6.54 Å². The molecule has 1 aliphatic heterocycles. The third-order valence-corrected chi connectivity index (χ3v) is 4.07. The molecule has 1 aromatic heterocycles. The molecule has 16 heavy (non-hydrogen) atoms. The Morgan fingerprint density at radius 1 is 1.19 bits per heavy atom. The van der Waals surface area contributed by atoms with Crippen molar-refractivity contribution < 1.29 is 0 Å². The standard InChI is InChI=1S/C12H19ClN2S/c13-4-7-14-5-2-6-15(9-8-14)11-12-3-1-10-16-12/h1,3,10H,2,4-9,11H2. The highest BCUT2D eigenvalue weighted by atomic mass is 35.5. The zero-order valence-electron chi connectivity index (χ0n) is 9.57. The molecular formula is C12H19ClN2S. The number of thiophene rings is 1. The summed E-state index contributed by atoms with van der Waals surface area (Å²) in [5.41, 5.74) is 0. The minimum Gasteiger partial charge on any atom is -0.301 e. The summed E-state index contributed by atoms with van der Waals surface area (Å²) in [5, 5.41) is 2.16. The van der Waals surface area contributed by atoms with Crippen molar-refractivity contribution in [2.45, 2.75) is 13.0 Å². The van der Waals surface area contributed by atoms with Crippen molar-refractivity contribution in [2.75, 3.05) is 38.6 Å². The molecule has 2 rings (SSSR count). The molecule has 1 fully saturated rings. The number of hydrogen-bond donors (Lipinski definition) is 0. The topological polar surface area (TPSA) is 6.48 Å².